The average molecular weight is 433 g/mol. The molecule has 1 fully saturated rings. The van der Waals surface area contributed by atoms with E-state index in [0.29, 0.717) is 24.2 Å². The normalized spacial score (nSPS) is 22.2. The van der Waals surface area contributed by atoms with Crippen LogP contribution in [-0.2, 0) is 22.4 Å². The third-order valence-electron chi connectivity index (χ3n) is 7.07. The summed E-state index contributed by atoms with van der Waals surface area (Å²) < 4.78 is 8.48. The summed E-state index contributed by atoms with van der Waals surface area (Å²) in [6.45, 7) is 8.88. The fourth-order valence-electron chi connectivity index (χ4n) is 5.29. The van der Waals surface area contributed by atoms with E-state index in [1.54, 1.807) is 0 Å². The Hall–Kier alpha value is -2.62. The Morgan fingerprint density at radius 1 is 1.09 bits per heavy atom. The van der Waals surface area contributed by atoms with Gasteiger partial charge in [0.25, 0.3) is 0 Å². The number of benzene rings is 2. The lowest BCUT2D eigenvalue weighted by Gasteiger charge is -2.37. The van der Waals surface area contributed by atoms with Crippen molar-refractivity contribution < 1.29 is 9.53 Å². The van der Waals surface area contributed by atoms with Crippen LogP contribution in [0, 0.1) is 17.8 Å². The van der Waals surface area contributed by atoms with Gasteiger partial charge >= 0.3 is 5.97 Å². The van der Waals surface area contributed by atoms with Gasteiger partial charge in [-0.2, -0.15) is 0 Å². The van der Waals surface area contributed by atoms with Crippen molar-refractivity contribution in [1.82, 2.24) is 9.55 Å². The van der Waals surface area contributed by atoms with Crippen molar-refractivity contribution in [2.45, 2.75) is 71.9 Å². The summed E-state index contributed by atoms with van der Waals surface area (Å²) in [5, 5.41) is 0. The molecule has 1 aliphatic rings. The number of aromatic nitrogens is 2. The lowest BCUT2D eigenvalue weighted by atomic mass is 9.75. The van der Waals surface area contributed by atoms with E-state index in [1.807, 2.05) is 36.4 Å². The first kappa shape index (κ1) is 22.6. The molecule has 4 atom stereocenters. The summed E-state index contributed by atoms with van der Waals surface area (Å²) in [4.78, 5) is 18.7. The van der Waals surface area contributed by atoms with Crippen molar-refractivity contribution >= 4 is 17.0 Å². The summed E-state index contributed by atoms with van der Waals surface area (Å²) in [7, 11) is 0. The Bertz CT molecular complexity index is 1040. The molecule has 0 aliphatic heterocycles. The molecule has 170 valence electrons. The molecule has 4 heteroatoms. The molecule has 0 bridgehead atoms. The molecule has 0 N–H and O–H groups in total. The zero-order valence-corrected chi connectivity index (χ0v) is 19.8. The van der Waals surface area contributed by atoms with Crippen LogP contribution in [0.15, 0.2) is 54.6 Å². The highest BCUT2D eigenvalue weighted by molar-refractivity contribution is 5.81. The van der Waals surface area contributed by atoms with E-state index < -0.39 is 6.04 Å². The van der Waals surface area contributed by atoms with Gasteiger partial charge in [-0.25, -0.2) is 9.78 Å². The molecule has 0 amide bonds. The number of hydrogen-bond acceptors (Lipinski definition) is 3. The molecule has 2 aromatic carbocycles. The molecular formula is C28H36N2O2. The molecular weight excluding hydrogens is 396 g/mol. The van der Waals surface area contributed by atoms with Crippen LogP contribution in [0.3, 0.4) is 0 Å². The highest BCUT2D eigenvalue weighted by atomic mass is 16.5. The smallest absolute Gasteiger partial charge is 0.329 e. The van der Waals surface area contributed by atoms with Crippen molar-refractivity contribution in [3.63, 3.8) is 0 Å². The van der Waals surface area contributed by atoms with Gasteiger partial charge in [0.2, 0.25) is 0 Å². The van der Waals surface area contributed by atoms with Crippen LogP contribution >= 0.6 is 0 Å². The van der Waals surface area contributed by atoms with Crippen LogP contribution in [0.1, 0.15) is 64.4 Å². The van der Waals surface area contributed by atoms with Gasteiger partial charge in [0.05, 0.1) is 11.0 Å². The standard InChI is InChI=1S/C28H36N2O2/c1-5-27-29-23-13-9-10-14-24(23)30(27)25(18-21-11-7-6-8-12-21)28(31)32-26-17-20(4)15-16-22(26)19(2)3/h6-14,19-20,22,25-26H,5,15-18H2,1-4H3/t20?,22-,25+,26?/m0/s1. The minimum atomic E-state index is -0.426. The van der Waals surface area contributed by atoms with Gasteiger partial charge < -0.3 is 9.30 Å². The summed E-state index contributed by atoms with van der Waals surface area (Å²) in [6, 6.07) is 17.9. The van der Waals surface area contributed by atoms with Crippen LogP contribution in [0.2, 0.25) is 0 Å². The number of esters is 1. The molecule has 1 heterocycles. The minimum absolute atomic E-state index is 0.00983. The van der Waals surface area contributed by atoms with Gasteiger partial charge in [-0.3, -0.25) is 0 Å². The molecule has 32 heavy (non-hydrogen) atoms. The maximum atomic E-state index is 13.8. The third kappa shape index (κ3) is 4.74. The third-order valence-corrected chi connectivity index (χ3v) is 7.07. The number of para-hydroxylation sites is 2. The SMILES string of the molecule is CCc1nc2ccccc2n1[C@H](Cc1ccccc1)C(=O)OC1CC(C)CC[C@H]1C(C)C. The van der Waals surface area contributed by atoms with E-state index >= 15 is 0 Å². The van der Waals surface area contributed by atoms with E-state index in [9.17, 15) is 4.79 Å². The van der Waals surface area contributed by atoms with E-state index in [0.717, 1.165) is 41.7 Å². The largest absolute Gasteiger partial charge is 0.461 e. The summed E-state index contributed by atoms with van der Waals surface area (Å²) in [6.07, 6.45) is 4.66. The molecule has 4 rings (SSSR count). The monoisotopic (exact) mass is 432 g/mol. The van der Waals surface area contributed by atoms with Crippen molar-refractivity contribution in [1.29, 1.82) is 0 Å². The van der Waals surface area contributed by atoms with Gasteiger partial charge in [-0.05, 0) is 48.3 Å². The summed E-state index contributed by atoms with van der Waals surface area (Å²) in [5.74, 6) is 2.33. The predicted octanol–water partition coefficient (Wildman–Crippen LogP) is 6.39. The van der Waals surface area contributed by atoms with Crippen LogP contribution in [0.5, 0.6) is 0 Å². The second kappa shape index (κ2) is 9.89. The molecule has 1 aromatic heterocycles. The fourth-order valence-corrected chi connectivity index (χ4v) is 5.29. The van der Waals surface area contributed by atoms with Crippen molar-refractivity contribution in [2.24, 2.45) is 17.8 Å². The Morgan fingerprint density at radius 3 is 2.53 bits per heavy atom. The van der Waals surface area contributed by atoms with Crippen molar-refractivity contribution in [3.05, 3.63) is 66.0 Å². The van der Waals surface area contributed by atoms with Gasteiger partial charge in [-0.1, -0.05) is 76.6 Å². The summed E-state index contributed by atoms with van der Waals surface area (Å²) >= 11 is 0. The predicted molar refractivity (Wildman–Crippen MR) is 130 cm³/mol. The van der Waals surface area contributed by atoms with E-state index in [2.05, 4.69) is 50.5 Å². The Kier molecular flexibility index (Phi) is 6.98. The lowest BCUT2D eigenvalue weighted by Crippen LogP contribution is -2.38. The summed E-state index contributed by atoms with van der Waals surface area (Å²) in [5.41, 5.74) is 3.06. The second-order valence-electron chi connectivity index (χ2n) is 9.75. The first-order chi connectivity index (χ1) is 15.5. The van der Waals surface area contributed by atoms with E-state index in [4.69, 9.17) is 9.72 Å². The molecule has 0 saturated heterocycles. The Morgan fingerprint density at radius 2 is 1.81 bits per heavy atom. The van der Waals surface area contributed by atoms with Crippen LogP contribution < -0.4 is 0 Å². The highest BCUT2D eigenvalue weighted by Gasteiger charge is 2.36. The number of hydrogen-bond donors (Lipinski definition) is 0. The van der Waals surface area contributed by atoms with Crippen LogP contribution in [0.25, 0.3) is 11.0 Å². The Balaban J connectivity index is 1.71. The first-order valence-corrected chi connectivity index (χ1v) is 12.2. The fraction of sp³-hybridized carbons (Fsp3) is 0.500. The number of nitrogens with zero attached hydrogens (tertiary/aromatic N) is 2. The van der Waals surface area contributed by atoms with Crippen molar-refractivity contribution in [3.8, 4) is 0 Å². The highest BCUT2D eigenvalue weighted by Crippen LogP contribution is 2.36. The number of rotatable bonds is 7. The zero-order chi connectivity index (χ0) is 22.7. The van der Waals surface area contributed by atoms with Crippen LogP contribution in [-0.4, -0.2) is 21.6 Å². The number of carbonyl (C=O) groups excluding carboxylic acids is 1. The second-order valence-corrected chi connectivity index (χ2v) is 9.75. The maximum Gasteiger partial charge on any atom is 0.329 e. The number of imidazole rings is 1. The topological polar surface area (TPSA) is 44.1 Å². The van der Waals surface area contributed by atoms with Crippen molar-refractivity contribution in [2.75, 3.05) is 0 Å². The first-order valence-electron chi connectivity index (χ1n) is 12.2. The minimum Gasteiger partial charge on any atom is -0.461 e. The Labute approximate surface area is 192 Å². The van der Waals surface area contributed by atoms with Crippen LogP contribution in [0.4, 0.5) is 0 Å². The molecule has 3 aromatic rings. The lowest BCUT2D eigenvalue weighted by molar-refractivity contribution is -0.160. The van der Waals surface area contributed by atoms with Gasteiger partial charge in [0.15, 0.2) is 0 Å². The molecule has 0 radical (unpaired) electrons. The molecule has 4 nitrogen and oxygen atoms in total. The van der Waals surface area contributed by atoms with E-state index in [1.165, 1.54) is 6.42 Å². The van der Waals surface area contributed by atoms with Gasteiger partial charge in [-0.15, -0.1) is 0 Å². The maximum absolute atomic E-state index is 13.8. The number of ether oxygens (including phenoxy) is 1. The zero-order valence-electron chi connectivity index (χ0n) is 19.8. The number of fused-ring (bicyclic) bond motifs is 1. The molecule has 1 saturated carbocycles. The quantitative estimate of drug-likeness (QED) is 0.407. The molecule has 2 unspecified atom stereocenters. The number of aryl methyl sites for hydroxylation is 1. The number of carbonyl (C=O) groups is 1. The molecule has 0 spiro atoms. The van der Waals surface area contributed by atoms with Gasteiger partial charge in [0.1, 0.15) is 18.0 Å². The molecule has 1 aliphatic carbocycles. The van der Waals surface area contributed by atoms with E-state index in [-0.39, 0.29) is 12.1 Å². The van der Waals surface area contributed by atoms with Gasteiger partial charge in [0, 0.05) is 12.8 Å². The average Bonchev–Trinajstić information content (AvgIpc) is 3.16.